The Bertz CT molecular complexity index is 625. The summed E-state index contributed by atoms with van der Waals surface area (Å²) >= 11 is 3.67. The molecule has 1 aliphatic heterocycles. The minimum Gasteiger partial charge on any atom is -0.244 e. The molecule has 104 valence electrons. The van der Waals surface area contributed by atoms with Crippen LogP contribution in [0.2, 0.25) is 0 Å². The molecule has 1 aliphatic rings. The van der Waals surface area contributed by atoms with E-state index in [1.54, 1.807) is 18.1 Å². The monoisotopic (exact) mass is 302 g/mol. The Morgan fingerprint density at radius 2 is 2.05 bits per heavy atom. The van der Waals surface area contributed by atoms with Crippen molar-refractivity contribution in [3.63, 3.8) is 0 Å². The van der Waals surface area contributed by atoms with Crippen molar-refractivity contribution in [1.29, 1.82) is 0 Å². The van der Waals surface area contributed by atoms with Crippen LogP contribution in [0.3, 0.4) is 0 Å². The van der Waals surface area contributed by atoms with Gasteiger partial charge in [0.15, 0.2) is 0 Å². The van der Waals surface area contributed by atoms with Gasteiger partial charge in [-0.25, -0.2) is 9.97 Å². The molecule has 3 rings (SSSR count). The van der Waals surface area contributed by atoms with Crippen LogP contribution < -0.4 is 0 Å². The second-order valence-electron chi connectivity index (χ2n) is 5.74. The molecule has 0 amide bonds. The van der Waals surface area contributed by atoms with Crippen LogP contribution in [-0.2, 0) is 0 Å². The number of fused-ring (bicyclic) bond motifs is 1. The van der Waals surface area contributed by atoms with Gasteiger partial charge in [-0.3, -0.25) is 0 Å². The maximum absolute atomic E-state index is 4.46. The van der Waals surface area contributed by atoms with Crippen LogP contribution in [0.25, 0.3) is 0 Å². The van der Waals surface area contributed by atoms with Gasteiger partial charge in [0.25, 0.3) is 0 Å². The van der Waals surface area contributed by atoms with E-state index in [1.807, 2.05) is 18.0 Å². The minimum absolute atomic E-state index is 0.203. The molecule has 0 fully saturated rings. The van der Waals surface area contributed by atoms with Gasteiger partial charge < -0.3 is 0 Å². The quantitative estimate of drug-likeness (QED) is 0.604. The fourth-order valence-corrected chi connectivity index (χ4v) is 4.69. The third kappa shape index (κ3) is 2.35. The average molecular weight is 302 g/mol. The first kappa shape index (κ1) is 14.0. The Morgan fingerprint density at radius 1 is 1.25 bits per heavy atom. The topological polar surface area (TPSA) is 25.8 Å². The van der Waals surface area contributed by atoms with Gasteiger partial charge in [0, 0.05) is 28.3 Å². The molecule has 20 heavy (non-hydrogen) atoms. The lowest BCUT2D eigenvalue weighted by molar-refractivity contribution is 0.353. The third-order valence-electron chi connectivity index (χ3n) is 3.82. The molecule has 2 nitrogen and oxygen atoms in total. The van der Waals surface area contributed by atoms with Crippen molar-refractivity contribution >= 4 is 23.5 Å². The average Bonchev–Trinajstić information content (AvgIpc) is 2.46. The van der Waals surface area contributed by atoms with E-state index in [9.17, 15) is 0 Å². The first-order valence-electron chi connectivity index (χ1n) is 6.69. The molecule has 0 saturated heterocycles. The molecule has 0 bridgehead atoms. The molecule has 1 atom stereocenters. The molecule has 0 radical (unpaired) electrons. The Labute approximate surface area is 128 Å². The zero-order valence-electron chi connectivity index (χ0n) is 12.0. The summed E-state index contributed by atoms with van der Waals surface area (Å²) < 4.78 is 0. The molecule has 2 heterocycles. The highest BCUT2D eigenvalue weighted by Crippen LogP contribution is 2.52. The minimum atomic E-state index is 0.203. The summed E-state index contributed by atoms with van der Waals surface area (Å²) in [6.07, 6.45) is 5.73. The Balaban J connectivity index is 2.19. The van der Waals surface area contributed by atoms with Crippen LogP contribution in [-0.4, -0.2) is 22.0 Å². The van der Waals surface area contributed by atoms with E-state index in [1.165, 1.54) is 16.0 Å². The zero-order valence-corrected chi connectivity index (χ0v) is 13.6. The Kier molecular flexibility index (Phi) is 3.78. The van der Waals surface area contributed by atoms with Crippen molar-refractivity contribution in [2.45, 2.75) is 29.7 Å². The summed E-state index contributed by atoms with van der Waals surface area (Å²) in [4.78, 5) is 10.1. The lowest BCUT2D eigenvalue weighted by Gasteiger charge is -2.40. The number of nitrogens with zero attached hydrogens (tertiary/aromatic N) is 2. The summed E-state index contributed by atoms with van der Waals surface area (Å²) in [5.74, 6) is 1.49. The van der Waals surface area contributed by atoms with E-state index < -0.39 is 0 Å². The fraction of sp³-hybridized carbons (Fsp3) is 0.375. The summed E-state index contributed by atoms with van der Waals surface area (Å²) in [5, 5.41) is 1.10. The van der Waals surface area contributed by atoms with Gasteiger partial charge in [0.2, 0.25) is 0 Å². The number of thioether (sulfide) groups is 2. The van der Waals surface area contributed by atoms with Crippen LogP contribution in [0, 0.1) is 5.41 Å². The molecule has 0 N–H and O–H groups in total. The van der Waals surface area contributed by atoms with Crippen molar-refractivity contribution in [3.05, 3.63) is 47.9 Å². The van der Waals surface area contributed by atoms with Crippen LogP contribution >= 0.6 is 23.5 Å². The maximum atomic E-state index is 4.46. The molecule has 1 aromatic carbocycles. The first-order valence-corrected chi connectivity index (χ1v) is 8.90. The molecular weight excluding hydrogens is 284 g/mol. The highest BCUT2D eigenvalue weighted by molar-refractivity contribution is 7.99. The largest absolute Gasteiger partial charge is 0.244 e. The van der Waals surface area contributed by atoms with Gasteiger partial charge >= 0.3 is 0 Å². The van der Waals surface area contributed by atoms with E-state index in [0.717, 1.165) is 10.8 Å². The van der Waals surface area contributed by atoms with E-state index in [2.05, 4.69) is 54.3 Å². The van der Waals surface area contributed by atoms with Crippen molar-refractivity contribution in [3.8, 4) is 0 Å². The number of hydrogen-bond donors (Lipinski definition) is 0. The van der Waals surface area contributed by atoms with Crippen LogP contribution in [0.4, 0.5) is 0 Å². The Hall–Kier alpha value is -1.00. The van der Waals surface area contributed by atoms with Crippen molar-refractivity contribution < 1.29 is 0 Å². The molecule has 0 saturated carbocycles. The number of benzene rings is 1. The lowest BCUT2D eigenvalue weighted by Crippen LogP contribution is -2.30. The predicted octanol–water partition coefficient (Wildman–Crippen LogP) is 4.46. The molecule has 4 heteroatoms. The SMILES string of the molecule is CSc1ncncc1C1c2ccccc2SCC1(C)C. The normalized spacial score (nSPS) is 20.4. The van der Waals surface area contributed by atoms with Gasteiger partial charge in [-0.2, -0.15) is 0 Å². The lowest BCUT2D eigenvalue weighted by atomic mass is 9.73. The number of aromatic nitrogens is 2. The molecular formula is C16H18N2S2. The van der Waals surface area contributed by atoms with Gasteiger partial charge in [-0.15, -0.1) is 23.5 Å². The third-order valence-corrected chi connectivity index (χ3v) is 6.12. The second-order valence-corrected chi connectivity index (χ2v) is 7.55. The zero-order chi connectivity index (χ0) is 14.2. The molecule has 0 aliphatic carbocycles. The highest BCUT2D eigenvalue weighted by Gasteiger charge is 2.38. The smallest absolute Gasteiger partial charge is 0.116 e. The van der Waals surface area contributed by atoms with E-state index in [0.29, 0.717) is 5.92 Å². The van der Waals surface area contributed by atoms with Crippen LogP contribution in [0.5, 0.6) is 0 Å². The van der Waals surface area contributed by atoms with Crippen molar-refractivity contribution in [2.75, 3.05) is 12.0 Å². The first-order chi connectivity index (χ1) is 9.63. The van der Waals surface area contributed by atoms with E-state index in [4.69, 9.17) is 0 Å². The standard InChI is InChI=1S/C16H18N2S2/c1-16(2)9-20-13-7-5-4-6-11(13)14(16)12-8-17-10-18-15(12)19-3/h4-8,10,14H,9H2,1-3H3. The maximum Gasteiger partial charge on any atom is 0.116 e. The second kappa shape index (κ2) is 5.41. The summed E-state index contributed by atoms with van der Waals surface area (Å²) in [7, 11) is 0. The molecule has 2 aromatic rings. The van der Waals surface area contributed by atoms with Gasteiger partial charge in [0.05, 0.1) is 0 Å². The van der Waals surface area contributed by atoms with Crippen molar-refractivity contribution in [1.82, 2.24) is 9.97 Å². The van der Waals surface area contributed by atoms with Crippen LogP contribution in [0.15, 0.2) is 46.7 Å². The highest BCUT2D eigenvalue weighted by atomic mass is 32.2. The van der Waals surface area contributed by atoms with Gasteiger partial charge in [0.1, 0.15) is 11.4 Å². The molecule has 1 unspecified atom stereocenters. The molecule has 1 aromatic heterocycles. The number of rotatable bonds is 2. The van der Waals surface area contributed by atoms with Crippen molar-refractivity contribution in [2.24, 2.45) is 5.41 Å². The number of hydrogen-bond acceptors (Lipinski definition) is 4. The van der Waals surface area contributed by atoms with Crippen LogP contribution in [0.1, 0.15) is 30.9 Å². The Morgan fingerprint density at radius 3 is 2.85 bits per heavy atom. The van der Waals surface area contributed by atoms with Gasteiger partial charge in [-0.1, -0.05) is 32.0 Å². The molecule has 0 spiro atoms. The summed E-state index contributed by atoms with van der Waals surface area (Å²) in [6, 6.07) is 8.74. The summed E-state index contributed by atoms with van der Waals surface area (Å²) in [6.45, 7) is 4.69. The van der Waals surface area contributed by atoms with E-state index >= 15 is 0 Å². The van der Waals surface area contributed by atoms with E-state index in [-0.39, 0.29) is 5.41 Å². The fourth-order valence-electron chi connectivity index (χ4n) is 2.90. The summed E-state index contributed by atoms with van der Waals surface area (Å²) in [5.41, 5.74) is 2.88. The predicted molar refractivity (Wildman–Crippen MR) is 86.6 cm³/mol. The van der Waals surface area contributed by atoms with Gasteiger partial charge in [-0.05, 0) is 23.3 Å².